The lowest BCUT2D eigenvalue weighted by Crippen LogP contribution is -2.21. The Hall–Kier alpha value is -1.76. The maximum Gasteiger partial charge on any atom is 0.0454 e. The molecule has 0 bridgehead atoms. The fourth-order valence-corrected chi connectivity index (χ4v) is 2.91. The zero-order valence-electron chi connectivity index (χ0n) is 10.6. The van der Waals surface area contributed by atoms with Crippen molar-refractivity contribution in [3.8, 4) is 0 Å². The monoisotopic (exact) mass is 223 g/mol. The van der Waals surface area contributed by atoms with E-state index in [1.807, 2.05) is 0 Å². The Morgan fingerprint density at radius 3 is 2.53 bits per heavy atom. The fourth-order valence-electron chi connectivity index (χ4n) is 2.91. The number of benzene rings is 2. The first-order valence-electron chi connectivity index (χ1n) is 5.99. The molecule has 1 heterocycles. The minimum Gasteiger partial charge on any atom is -0.348 e. The van der Waals surface area contributed by atoms with Crippen LogP contribution in [0.3, 0.4) is 0 Å². The molecule has 2 aromatic rings. The normalized spacial score (nSPS) is 17.6. The molecule has 0 atom stereocenters. The Kier molecular flexibility index (Phi) is 1.91. The summed E-state index contributed by atoms with van der Waals surface area (Å²) < 4.78 is 0. The van der Waals surface area contributed by atoms with Crippen LogP contribution in [0.25, 0.3) is 10.8 Å². The van der Waals surface area contributed by atoms with Gasteiger partial charge in [0.15, 0.2) is 0 Å². The number of likely N-dealkylation sites (N-methyl/N-ethyl adjacent to an activating group) is 1. The second-order valence-corrected chi connectivity index (χ2v) is 5.31. The first kappa shape index (κ1) is 10.4. The van der Waals surface area contributed by atoms with Gasteiger partial charge in [0.25, 0.3) is 0 Å². The highest BCUT2D eigenvalue weighted by Crippen LogP contribution is 2.49. The van der Waals surface area contributed by atoms with Gasteiger partial charge in [-0.3, -0.25) is 0 Å². The van der Waals surface area contributed by atoms with E-state index in [4.69, 9.17) is 0 Å². The Balaban J connectivity index is 2.46. The molecule has 1 nitrogen and oxygen atoms in total. The molecule has 0 saturated heterocycles. The zero-order valence-corrected chi connectivity index (χ0v) is 10.6. The number of fused-ring (bicyclic) bond motifs is 3. The molecule has 0 aromatic heterocycles. The van der Waals surface area contributed by atoms with Crippen LogP contribution in [0, 0.1) is 0 Å². The Bertz CT molecular complexity index is 622. The predicted molar refractivity (Wildman–Crippen MR) is 74.5 cm³/mol. The van der Waals surface area contributed by atoms with E-state index in [1.165, 1.54) is 27.7 Å². The lowest BCUT2D eigenvalue weighted by molar-refractivity contribution is 0.648. The van der Waals surface area contributed by atoms with Gasteiger partial charge in [0.05, 0.1) is 0 Å². The van der Waals surface area contributed by atoms with Crippen molar-refractivity contribution in [3.05, 3.63) is 54.2 Å². The summed E-state index contributed by atoms with van der Waals surface area (Å²) in [7, 11) is 2.10. The molecule has 17 heavy (non-hydrogen) atoms. The van der Waals surface area contributed by atoms with Crippen LogP contribution in [-0.4, -0.2) is 7.05 Å². The average molecular weight is 223 g/mol. The molecule has 0 fully saturated rings. The van der Waals surface area contributed by atoms with Crippen LogP contribution < -0.4 is 4.90 Å². The summed E-state index contributed by atoms with van der Waals surface area (Å²) in [5.41, 5.74) is 3.89. The van der Waals surface area contributed by atoms with E-state index in [0.29, 0.717) is 0 Å². The van der Waals surface area contributed by atoms with E-state index in [1.54, 1.807) is 0 Å². The van der Waals surface area contributed by atoms with Crippen LogP contribution in [0.1, 0.15) is 19.4 Å². The van der Waals surface area contributed by atoms with Gasteiger partial charge >= 0.3 is 0 Å². The third-order valence-corrected chi connectivity index (χ3v) is 4.02. The molecule has 0 saturated carbocycles. The van der Waals surface area contributed by atoms with Gasteiger partial charge < -0.3 is 4.90 Å². The first-order valence-corrected chi connectivity index (χ1v) is 5.99. The molecule has 1 aliphatic heterocycles. The van der Waals surface area contributed by atoms with Crippen molar-refractivity contribution in [3.63, 3.8) is 0 Å². The highest BCUT2D eigenvalue weighted by Gasteiger charge is 2.38. The largest absolute Gasteiger partial charge is 0.348 e. The van der Waals surface area contributed by atoms with Gasteiger partial charge in [-0.2, -0.15) is 0 Å². The Labute approximate surface area is 102 Å². The predicted octanol–water partition coefficient (Wildman–Crippen LogP) is 4.08. The number of nitrogens with zero attached hydrogens (tertiary/aromatic N) is 1. The van der Waals surface area contributed by atoms with E-state index >= 15 is 0 Å². The maximum absolute atomic E-state index is 4.24. The van der Waals surface area contributed by atoms with Crippen LogP contribution in [-0.2, 0) is 5.41 Å². The highest BCUT2D eigenvalue weighted by atomic mass is 15.1. The summed E-state index contributed by atoms with van der Waals surface area (Å²) in [6.45, 7) is 8.74. The van der Waals surface area contributed by atoms with Crippen LogP contribution in [0.2, 0.25) is 0 Å². The molecule has 0 N–H and O–H groups in total. The van der Waals surface area contributed by atoms with E-state index in [9.17, 15) is 0 Å². The summed E-state index contributed by atoms with van der Waals surface area (Å²) in [6.07, 6.45) is 0. The van der Waals surface area contributed by atoms with E-state index < -0.39 is 0 Å². The van der Waals surface area contributed by atoms with Crippen molar-refractivity contribution >= 4 is 16.5 Å². The van der Waals surface area contributed by atoms with Crippen molar-refractivity contribution < 1.29 is 0 Å². The molecule has 0 spiro atoms. The van der Waals surface area contributed by atoms with E-state index in [-0.39, 0.29) is 5.41 Å². The number of hydrogen-bond acceptors (Lipinski definition) is 1. The number of allylic oxidation sites excluding steroid dienone is 1. The summed E-state index contributed by atoms with van der Waals surface area (Å²) in [6, 6.07) is 13.0. The smallest absolute Gasteiger partial charge is 0.0454 e. The molecule has 3 rings (SSSR count). The standard InChI is InChI=1S/C16H17N/c1-11-16(2,3)15-13-8-6-5-7-12(13)9-10-14(15)17(11)4/h5-10H,1H2,2-4H3. The number of hydrogen-bond donors (Lipinski definition) is 0. The van der Waals surface area contributed by atoms with Crippen LogP contribution in [0.15, 0.2) is 48.7 Å². The van der Waals surface area contributed by atoms with Gasteiger partial charge in [-0.1, -0.05) is 50.8 Å². The molecular weight excluding hydrogens is 206 g/mol. The average Bonchev–Trinajstić information content (AvgIpc) is 2.51. The second-order valence-electron chi connectivity index (χ2n) is 5.31. The molecule has 2 aromatic carbocycles. The minimum absolute atomic E-state index is 0.0188. The third kappa shape index (κ3) is 1.20. The molecule has 1 heteroatoms. The van der Waals surface area contributed by atoms with Crippen LogP contribution >= 0.6 is 0 Å². The lowest BCUT2D eigenvalue weighted by Gasteiger charge is -2.23. The molecular formula is C16H17N. The zero-order chi connectivity index (χ0) is 12.2. The van der Waals surface area contributed by atoms with Crippen molar-refractivity contribution in [2.24, 2.45) is 0 Å². The third-order valence-electron chi connectivity index (χ3n) is 4.02. The molecule has 0 amide bonds. The second kappa shape index (κ2) is 3.13. The van der Waals surface area contributed by atoms with Gasteiger partial charge in [-0.05, 0) is 22.4 Å². The Morgan fingerprint density at radius 2 is 1.76 bits per heavy atom. The van der Waals surface area contributed by atoms with Crippen LogP contribution in [0.4, 0.5) is 5.69 Å². The lowest BCUT2D eigenvalue weighted by atomic mass is 9.82. The summed E-state index contributed by atoms with van der Waals surface area (Å²) in [4.78, 5) is 2.21. The first-order chi connectivity index (χ1) is 8.03. The van der Waals surface area contributed by atoms with Gasteiger partial charge in [-0.15, -0.1) is 0 Å². The molecule has 0 radical (unpaired) electrons. The van der Waals surface area contributed by atoms with Crippen molar-refractivity contribution in [1.82, 2.24) is 0 Å². The SMILES string of the molecule is C=C1N(C)c2ccc3ccccc3c2C1(C)C. The number of anilines is 1. The molecule has 1 aliphatic rings. The minimum atomic E-state index is 0.0188. The van der Waals surface area contributed by atoms with Crippen molar-refractivity contribution in [2.45, 2.75) is 19.3 Å². The fraction of sp³-hybridized carbons (Fsp3) is 0.250. The highest BCUT2D eigenvalue weighted by molar-refractivity contribution is 5.94. The maximum atomic E-state index is 4.24. The summed E-state index contributed by atoms with van der Waals surface area (Å²) >= 11 is 0. The number of rotatable bonds is 0. The molecule has 86 valence electrons. The molecule has 0 aliphatic carbocycles. The van der Waals surface area contributed by atoms with E-state index in [2.05, 4.69) is 68.8 Å². The van der Waals surface area contributed by atoms with Crippen molar-refractivity contribution in [2.75, 3.05) is 11.9 Å². The van der Waals surface area contributed by atoms with E-state index in [0.717, 1.165) is 0 Å². The van der Waals surface area contributed by atoms with Gasteiger partial charge in [-0.25, -0.2) is 0 Å². The topological polar surface area (TPSA) is 3.24 Å². The summed E-state index contributed by atoms with van der Waals surface area (Å²) in [5.74, 6) is 0. The molecule has 0 unspecified atom stereocenters. The van der Waals surface area contributed by atoms with Gasteiger partial charge in [0, 0.05) is 23.8 Å². The van der Waals surface area contributed by atoms with Gasteiger partial charge in [0.2, 0.25) is 0 Å². The van der Waals surface area contributed by atoms with Gasteiger partial charge in [0.1, 0.15) is 0 Å². The summed E-state index contributed by atoms with van der Waals surface area (Å²) in [5, 5.41) is 2.66. The quantitative estimate of drug-likeness (QED) is 0.650. The Morgan fingerprint density at radius 1 is 1.06 bits per heavy atom. The van der Waals surface area contributed by atoms with Crippen molar-refractivity contribution in [1.29, 1.82) is 0 Å². The van der Waals surface area contributed by atoms with Crippen LogP contribution in [0.5, 0.6) is 0 Å².